The summed E-state index contributed by atoms with van der Waals surface area (Å²) in [6.07, 6.45) is 6.37. The highest BCUT2D eigenvalue weighted by atomic mass is 16.6. The van der Waals surface area contributed by atoms with Crippen molar-refractivity contribution in [1.82, 2.24) is 0 Å². The van der Waals surface area contributed by atoms with E-state index in [-0.39, 0.29) is 47.6 Å². The third-order valence-corrected chi connectivity index (χ3v) is 8.61. The van der Waals surface area contributed by atoms with Crippen LogP contribution in [0.3, 0.4) is 0 Å². The van der Waals surface area contributed by atoms with Crippen LogP contribution in [0.2, 0.25) is 0 Å². The van der Waals surface area contributed by atoms with E-state index in [1.165, 1.54) is 13.8 Å². The Labute approximate surface area is 234 Å². The van der Waals surface area contributed by atoms with Gasteiger partial charge in [-0.3, -0.25) is 19.2 Å². The summed E-state index contributed by atoms with van der Waals surface area (Å²) in [5.41, 5.74) is -2.02. The molecule has 0 amide bonds. The van der Waals surface area contributed by atoms with Crippen molar-refractivity contribution in [2.75, 3.05) is 0 Å². The molecule has 222 valence electrons. The maximum absolute atomic E-state index is 13.4. The summed E-state index contributed by atoms with van der Waals surface area (Å²) in [7, 11) is 0. The predicted octanol–water partition coefficient (Wildman–Crippen LogP) is 5.52. The summed E-state index contributed by atoms with van der Waals surface area (Å²) in [4.78, 5) is 50.1. The molecule has 39 heavy (non-hydrogen) atoms. The summed E-state index contributed by atoms with van der Waals surface area (Å²) in [6, 6.07) is 0. The second-order valence-corrected chi connectivity index (χ2v) is 14.3. The Morgan fingerprint density at radius 3 is 1.74 bits per heavy atom. The molecular weight excluding hydrogens is 500 g/mol. The number of epoxide rings is 2. The third-order valence-electron chi connectivity index (χ3n) is 8.61. The topological polar surface area (TPSA) is 112 Å². The molecule has 1 saturated carbocycles. The van der Waals surface area contributed by atoms with Crippen LogP contribution in [-0.4, -0.2) is 58.1 Å². The summed E-state index contributed by atoms with van der Waals surface area (Å²) >= 11 is 0. The molecule has 0 aromatic carbocycles. The van der Waals surface area contributed by atoms with Gasteiger partial charge in [-0.2, -0.15) is 0 Å². The van der Waals surface area contributed by atoms with E-state index in [1.807, 2.05) is 0 Å². The van der Waals surface area contributed by atoms with Gasteiger partial charge in [-0.15, -0.1) is 0 Å². The lowest BCUT2D eigenvalue weighted by molar-refractivity contribution is -0.179. The molecule has 0 spiro atoms. The quantitative estimate of drug-likeness (QED) is 0.205. The Morgan fingerprint density at radius 1 is 0.744 bits per heavy atom. The summed E-state index contributed by atoms with van der Waals surface area (Å²) < 4.78 is 23.3. The molecule has 0 aromatic rings. The van der Waals surface area contributed by atoms with Gasteiger partial charge in [0.15, 0.2) is 0 Å². The lowest BCUT2D eigenvalue weighted by Crippen LogP contribution is -2.43. The van der Waals surface area contributed by atoms with Gasteiger partial charge < -0.3 is 18.9 Å². The SMILES string of the molecule is CC(=O)CC(C)(C)OC(=O)C1CCC(CCC2OC2(C)CCC2OC2(C)C)CC1C(=O)OC(C)(C)CC(C)=O. The van der Waals surface area contributed by atoms with Crippen molar-refractivity contribution in [3.8, 4) is 0 Å². The van der Waals surface area contributed by atoms with Crippen molar-refractivity contribution in [1.29, 1.82) is 0 Å². The third kappa shape index (κ3) is 9.10. The van der Waals surface area contributed by atoms with Crippen molar-refractivity contribution < 1.29 is 38.1 Å². The van der Waals surface area contributed by atoms with Crippen LogP contribution in [0.5, 0.6) is 0 Å². The van der Waals surface area contributed by atoms with Crippen molar-refractivity contribution in [3.05, 3.63) is 0 Å². The average molecular weight is 551 g/mol. The number of carbonyl (C=O) groups excluding carboxylic acids is 4. The minimum atomic E-state index is -0.957. The van der Waals surface area contributed by atoms with Gasteiger partial charge in [0.1, 0.15) is 22.8 Å². The van der Waals surface area contributed by atoms with Crippen LogP contribution in [-0.2, 0) is 38.1 Å². The normalized spacial score (nSPS) is 31.8. The zero-order valence-electron chi connectivity index (χ0n) is 25.5. The van der Waals surface area contributed by atoms with Gasteiger partial charge in [-0.05, 0) is 113 Å². The van der Waals surface area contributed by atoms with E-state index < -0.39 is 35.0 Å². The molecular formula is C31H50O8. The van der Waals surface area contributed by atoms with Gasteiger partial charge in [-0.1, -0.05) is 0 Å². The highest BCUT2D eigenvalue weighted by molar-refractivity contribution is 5.84. The number of carbonyl (C=O) groups is 4. The van der Waals surface area contributed by atoms with E-state index >= 15 is 0 Å². The Hall–Kier alpha value is -1.80. The van der Waals surface area contributed by atoms with Crippen molar-refractivity contribution in [3.63, 3.8) is 0 Å². The fourth-order valence-corrected chi connectivity index (χ4v) is 6.45. The van der Waals surface area contributed by atoms with Gasteiger partial charge in [0, 0.05) is 12.8 Å². The van der Waals surface area contributed by atoms with Crippen LogP contribution < -0.4 is 0 Å². The van der Waals surface area contributed by atoms with Crippen molar-refractivity contribution in [2.45, 2.75) is 155 Å². The van der Waals surface area contributed by atoms with E-state index in [1.54, 1.807) is 27.7 Å². The van der Waals surface area contributed by atoms with E-state index in [0.29, 0.717) is 18.9 Å². The van der Waals surface area contributed by atoms with Gasteiger partial charge in [-0.25, -0.2) is 0 Å². The maximum Gasteiger partial charge on any atom is 0.310 e. The summed E-state index contributed by atoms with van der Waals surface area (Å²) in [6.45, 7) is 16.2. The molecule has 3 rings (SSSR count). The molecule has 2 saturated heterocycles. The van der Waals surface area contributed by atoms with Crippen LogP contribution in [0.1, 0.15) is 120 Å². The number of rotatable bonds is 14. The predicted molar refractivity (Wildman–Crippen MR) is 146 cm³/mol. The number of ketones is 2. The molecule has 8 nitrogen and oxygen atoms in total. The molecule has 6 atom stereocenters. The molecule has 6 unspecified atom stereocenters. The average Bonchev–Trinajstić information content (AvgIpc) is 3.61. The first kappa shape index (κ1) is 31.7. The smallest absolute Gasteiger partial charge is 0.310 e. The molecule has 3 fully saturated rings. The second kappa shape index (κ2) is 11.6. The van der Waals surface area contributed by atoms with Gasteiger partial charge in [0.05, 0.1) is 35.2 Å². The largest absolute Gasteiger partial charge is 0.459 e. The molecule has 3 aliphatic rings. The van der Waals surface area contributed by atoms with Crippen LogP contribution in [0.25, 0.3) is 0 Å². The Bertz CT molecular complexity index is 950. The summed E-state index contributed by atoms with van der Waals surface area (Å²) in [5, 5.41) is 0. The Morgan fingerprint density at radius 2 is 1.26 bits per heavy atom. The standard InChI is InChI=1S/C31H50O8/c1-19(32)17-28(3,4)38-26(34)22-12-10-21(16-23(22)27(35)39-29(5,6)18-20(2)33)11-13-25-31(9,37-25)15-14-24-30(7,8)36-24/h21-25H,10-18H2,1-9H3. The van der Waals surface area contributed by atoms with Gasteiger partial charge in [0.2, 0.25) is 0 Å². The lowest BCUT2D eigenvalue weighted by atomic mass is 9.72. The minimum Gasteiger partial charge on any atom is -0.459 e. The molecule has 0 N–H and O–H groups in total. The van der Waals surface area contributed by atoms with Crippen molar-refractivity contribution >= 4 is 23.5 Å². The van der Waals surface area contributed by atoms with Crippen LogP contribution in [0.4, 0.5) is 0 Å². The number of ether oxygens (including phenoxy) is 4. The second-order valence-electron chi connectivity index (χ2n) is 14.3. The van der Waals surface area contributed by atoms with Crippen LogP contribution in [0.15, 0.2) is 0 Å². The van der Waals surface area contributed by atoms with E-state index in [9.17, 15) is 19.2 Å². The van der Waals surface area contributed by atoms with Gasteiger partial charge >= 0.3 is 11.9 Å². The van der Waals surface area contributed by atoms with Crippen LogP contribution >= 0.6 is 0 Å². The monoisotopic (exact) mass is 550 g/mol. The first-order valence-electron chi connectivity index (χ1n) is 14.6. The maximum atomic E-state index is 13.4. The molecule has 0 aromatic heterocycles. The molecule has 0 radical (unpaired) electrons. The van der Waals surface area contributed by atoms with Gasteiger partial charge in [0.25, 0.3) is 0 Å². The molecule has 1 aliphatic carbocycles. The first-order chi connectivity index (χ1) is 17.8. The number of hydrogen-bond donors (Lipinski definition) is 0. The van der Waals surface area contributed by atoms with E-state index in [0.717, 1.165) is 32.1 Å². The fourth-order valence-electron chi connectivity index (χ4n) is 6.45. The Balaban J connectivity index is 1.61. The highest BCUT2D eigenvalue weighted by Crippen LogP contribution is 2.48. The highest BCUT2D eigenvalue weighted by Gasteiger charge is 2.55. The first-order valence-corrected chi connectivity index (χ1v) is 14.6. The molecule has 2 heterocycles. The minimum absolute atomic E-state index is 0.00950. The van der Waals surface area contributed by atoms with E-state index in [2.05, 4.69) is 20.8 Å². The molecule has 0 bridgehead atoms. The zero-order valence-corrected chi connectivity index (χ0v) is 25.5. The fraction of sp³-hybridized carbons (Fsp3) is 0.871. The van der Waals surface area contributed by atoms with E-state index in [4.69, 9.17) is 18.9 Å². The van der Waals surface area contributed by atoms with Crippen molar-refractivity contribution in [2.24, 2.45) is 17.8 Å². The Kier molecular flexibility index (Phi) is 9.43. The summed E-state index contributed by atoms with van der Waals surface area (Å²) in [5.74, 6) is -2.10. The zero-order chi connectivity index (χ0) is 29.4. The molecule has 8 heteroatoms. The van der Waals surface area contributed by atoms with Crippen LogP contribution in [0, 0.1) is 17.8 Å². The lowest BCUT2D eigenvalue weighted by Gasteiger charge is -2.37. The number of Topliss-reactive ketones (excluding diaryl/α,β-unsaturated/α-hetero) is 2. The molecule has 2 aliphatic heterocycles. The number of hydrogen-bond acceptors (Lipinski definition) is 8. The number of esters is 2.